The van der Waals surface area contributed by atoms with E-state index in [1.54, 1.807) is 0 Å². The molecule has 10 atom stereocenters. The molecule has 4 aliphatic carbocycles. The molecule has 4 fully saturated rings. The Morgan fingerprint density at radius 3 is 2.44 bits per heavy atom. The molecule has 0 saturated heterocycles. The van der Waals surface area contributed by atoms with Crippen LogP contribution in [-0.2, 0) is 9.53 Å². The van der Waals surface area contributed by atoms with Crippen LogP contribution in [0.25, 0.3) is 0 Å². The summed E-state index contributed by atoms with van der Waals surface area (Å²) in [6.45, 7) is 11.6. The van der Waals surface area contributed by atoms with Crippen molar-refractivity contribution in [1.29, 1.82) is 0 Å². The van der Waals surface area contributed by atoms with Crippen LogP contribution in [0.5, 0.6) is 0 Å². The molecule has 0 heterocycles. The molecule has 4 aliphatic rings. The molecule has 0 aromatic heterocycles. The molecule has 0 spiro atoms. The number of hydrogen-bond acceptors (Lipinski definition) is 4. The second kappa shape index (κ2) is 9.67. The van der Waals surface area contributed by atoms with E-state index in [-0.39, 0.29) is 18.1 Å². The van der Waals surface area contributed by atoms with Gasteiger partial charge >= 0.3 is 5.97 Å². The van der Waals surface area contributed by atoms with Crippen LogP contribution in [0, 0.1) is 46.3 Å². The molecule has 0 amide bonds. The minimum absolute atomic E-state index is 0.295. The van der Waals surface area contributed by atoms with Gasteiger partial charge in [-0.2, -0.15) is 0 Å². The summed E-state index contributed by atoms with van der Waals surface area (Å²) >= 11 is 0. The first-order valence-corrected chi connectivity index (χ1v) is 14.2. The van der Waals surface area contributed by atoms with Crippen LogP contribution in [0.2, 0.25) is 0 Å². The summed E-state index contributed by atoms with van der Waals surface area (Å²) in [5.74, 6) is 2.87. The monoisotopic (exact) mass is 478 g/mol. The first-order chi connectivity index (χ1) is 15.9. The van der Waals surface area contributed by atoms with E-state index in [2.05, 4.69) is 34.6 Å². The van der Waals surface area contributed by atoms with Crippen molar-refractivity contribution in [3.8, 4) is 0 Å². The van der Waals surface area contributed by atoms with Crippen molar-refractivity contribution in [2.24, 2.45) is 46.3 Å². The SMILES string of the molecule is CC(C)CCC[C@@H](C)[C@H]1CC[C@H]2[C@@H]3C[C@@H](O)[C@@]4(O)C[C@@H](OCC(=O)O)CC[C@]4(C)[C@H]3CC[C@]12C. The first-order valence-electron chi connectivity index (χ1n) is 14.2. The van der Waals surface area contributed by atoms with Crippen LogP contribution >= 0.6 is 0 Å². The summed E-state index contributed by atoms with van der Waals surface area (Å²) in [6.07, 6.45) is 10.5. The van der Waals surface area contributed by atoms with Gasteiger partial charge in [-0.1, -0.05) is 53.9 Å². The van der Waals surface area contributed by atoms with Gasteiger partial charge in [-0.3, -0.25) is 0 Å². The van der Waals surface area contributed by atoms with Gasteiger partial charge in [0.05, 0.1) is 17.8 Å². The average molecular weight is 479 g/mol. The van der Waals surface area contributed by atoms with Crippen molar-refractivity contribution in [2.45, 2.75) is 123 Å². The molecule has 0 unspecified atom stereocenters. The van der Waals surface area contributed by atoms with Gasteiger partial charge in [0.25, 0.3) is 0 Å². The maximum Gasteiger partial charge on any atom is 0.329 e. The fourth-order valence-electron chi connectivity index (χ4n) is 9.60. The maximum atomic E-state index is 11.9. The topological polar surface area (TPSA) is 87.0 Å². The van der Waals surface area contributed by atoms with Crippen molar-refractivity contribution >= 4 is 5.97 Å². The van der Waals surface area contributed by atoms with E-state index in [0.29, 0.717) is 36.0 Å². The average Bonchev–Trinajstić information content (AvgIpc) is 3.11. The zero-order valence-electron chi connectivity index (χ0n) is 22.3. The Morgan fingerprint density at radius 1 is 1.03 bits per heavy atom. The largest absolute Gasteiger partial charge is 0.480 e. The van der Waals surface area contributed by atoms with Crippen LogP contribution in [0.1, 0.15) is 105 Å². The van der Waals surface area contributed by atoms with Crippen LogP contribution in [0.3, 0.4) is 0 Å². The Morgan fingerprint density at radius 2 is 1.76 bits per heavy atom. The molecular weight excluding hydrogens is 428 g/mol. The zero-order valence-corrected chi connectivity index (χ0v) is 22.3. The molecule has 5 nitrogen and oxygen atoms in total. The number of carboxylic acids is 1. The third-order valence-electron chi connectivity index (χ3n) is 11.5. The lowest BCUT2D eigenvalue weighted by Gasteiger charge is -2.65. The number of aliphatic carboxylic acids is 1. The molecule has 0 aromatic carbocycles. The molecule has 0 aliphatic heterocycles. The normalized spacial score (nSPS) is 47.1. The summed E-state index contributed by atoms with van der Waals surface area (Å²) in [5.41, 5.74) is -1.17. The van der Waals surface area contributed by atoms with E-state index in [4.69, 9.17) is 9.84 Å². The number of fused-ring (bicyclic) bond motifs is 5. The van der Waals surface area contributed by atoms with Crippen LogP contribution in [0.15, 0.2) is 0 Å². The molecule has 4 saturated carbocycles. The van der Waals surface area contributed by atoms with Crippen molar-refractivity contribution in [2.75, 3.05) is 6.61 Å². The van der Waals surface area contributed by atoms with E-state index >= 15 is 0 Å². The standard InChI is InChI=1S/C29H50O5/c1-18(2)7-6-8-19(3)22-9-10-23-21-15-25(30)29(33)16-20(34-17-26(31)32)11-14-28(29,5)24(21)12-13-27(22,23)4/h18-25,30,33H,6-17H2,1-5H3,(H,31,32)/t19-,20+,21+,22-,23+,24+,25-,27-,28-,29+/m1/s1. The molecule has 5 heteroatoms. The van der Waals surface area contributed by atoms with E-state index < -0.39 is 17.7 Å². The van der Waals surface area contributed by atoms with Crippen molar-refractivity contribution in [3.63, 3.8) is 0 Å². The minimum atomic E-state index is -1.19. The van der Waals surface area contributed by atoms with E-state index in [1.165, 1.54) is 38.5 Å². The van der Waals surface area contributed by atoms with Crippen molar-refractivity contribution in [3.05, 3.63) is 0 Å². The molecule has 4 rings (SSSR count). The number of rotatable bonds is 8. The fraction of sp³-hybridized carbons (Fsp3) is 0.966. The highest BCUT2D eigenvalue weighted by Crippen LogP contribution is 2.69. The predicted octanol–water partition coefficient (Wildman–Crippen LogP) is 5.66. The molecule has 3 N–H and O–H groups in total. The molecule has 0 bridgehead atoms. The lowest BCUT2D eigenvalue weighted by Crippen LogP contribution is -2.68. The summed E-state index contributed by atoms with van der Waals surface area (Å²) in [6, 6.07) is 0. The number of aliphatic hydroxyl groups excluding tert-OH is 1. The number of hydrogen-bond donors (Lipinski definition) is 3. The van der Waals surface area contributed by atoms with Gasteiger partial charge in [0.2, 0.25) is 0 Å². The Balaban J connectivity index is 1.49. The Hall–Kier alpha value is -0.650. The van der Waals surface area contributed by atoms with Crippen LogP contribution in [-0.4, -0.2) is 45.7 Å². The summed E-state index contributed by atoms with van der Waals surface area (Å²) in [4.78, 5) is 11.0. The van der Waals surface area contributed by atoms with E-state index in [1.807, 2.05) is 0 Å². The molecule has 0 radical (unpaired) electrons. The smallest absolute Gasteiger partial charge is 0.329 e. The Kier molecular flexibility index (Phi) is 7.51. The highest BCUT2D eigenvalue weighted by Gasteiger charge is 2.67. The molecule has 0 aromatic rings. The zero-order chi connectivity index (χ0) is 24.9. The van der Waals surface area contributed by atoms with E-state index in [9.17, 15) is 15.0 Å². The van der Waals surface area contributed by atoms with Gasteiger partial charge in [0.15, 0.2) is 0 Å². The third-order valence-corrected chi connectivity index (χ3v) is 11.5. The minimum Gasteiger partial charge on any atom is -0.480 e. The number of aliphatic hydroxyl groups is 2. The lowest BCUT2D eigenvalue weighted by atomic mass is 9.42. The summed E-state index contributed by atoms with van der Waals surface area (Å²) in [7, 11) is 0. The van der Waals surface area contributed by atoms with Gasteiger partial charge < -0.3 is 20.1 Å². The summed E-state index contributed by atoms with van der Waals surface area (Å²) < 4.78 is 5.59. The predicted molar refractivity (Wildman–Crippen MR) is 133 cm³/mol. The third kappa shape index (κ3) is 4.36. The van der Waals surface area contributed by atoms with Crippen LogP contribution < -0.4 is 0 Å². The van der Waals surface area contributed by atoms with Gasteiger partial charge in [-0.25, -0.2) is 4.79 Å². The van der Waals surface area contributed by atoms with Gasteiger partial charge in [-0.15, -0.1) is 0 Å². The Bertz CT molecular complexity index is 738. The molecular formula is C29H50O5. The van der Waals surface area contributed by atoms with Crippen molar-refractivity contribution < 1.29 is 24.9 Å². The van der Waals surface area contributed by atoms with Gasteiger partial charge in [0.1, 0.15) is 6.61 Å². The number of carbonyl (C=O) groups is 1. The summed E-state index contributed by atoms with van der Waals surface area (Å²) in [5, 5.41) is 32.3. The van der Waals surface area contributed by atoms with E-state index in [0.717, 1.165) is 37.0 Å². The highest BCUT2D eigenvalue weighted by molar-refractivity contribution is 5.68. The van der Waals surface area contributed by atoms with Gasteiger partial charge in [-0.05, 0) is 85.9 Å². The molecule has 34 heavy (non-hydrogen) atoms. The van der Waals surface area contributed by atoms with Crippen molar-refractivity contribution in [1.82, 2.24) is 0 Å². The lowest BCUT2D eigenvalue weighted by molar-refractivity contribution is -0.268. The maximum absolute atomic E-state index is 11.9. The fourth-order valence-corrected chi connectivity index (χ4v) is 9.60. The first kappa shape index (κ1) is 26.4. The quantitative estimate of drug-likeness (QED) is 0.419. The number of carboxylic acid groups (broad SMARTS) is 1. The van der Waals surface area contributed by atoms with Crippen LogP contribution in [0.4, 0.5) is 0 Å². The second-order valence-electron chi connectivity index (χ2n) is 13.6. The second-order valence-corrected chi connectivity index (χ2v) is 13.6. The Labute approximate surface area is 207 Å². The molecule has 196 valence electrons. The highest BCUT2D eigenvalue weighted by atomic mass is 16.5. The van der Waals surface area contributed by atoms with Gasteiger partial charge in [0, 0.05) is 11.8 Å². The number of ether oxygens (including phenoxy) is 1.